The Morgan fingerprint density at radius 3 is 2.52 bits per heavy atom. The molecular weight excluding hydrogens is 397 g/mol. The van der Waals surface area contributed by atoms with Crippen molar-refractivity contribution < 1.29 is 18.3 Å². The van der Waals surface area contributed by atoms with Gasteiger partial charge in [-0.25, -0.2) is 4.39 Å². The summed E-state index contributed by atoms with van der Waals surface area (Å²) in [5, 5.41) is 2.97. The maximum Gasteiger partial charge on any atom is 0.291 e. The first kappa shape index (κ1) is 20.9. The molecular formula is C24H26FN3O3. The van der Waals surface area contributed by atoms with Gasteiger partial charge in [0.1, 0.15) is 23.9 Å². The van der Waals surface area contributed by atoms with Crippen molar-refractivity contribution in [3.63, 3.8) is 0 Å². The molecule has 1 aliphatic rings. The van der Waals surface area contributed by atoms with Crippen LogP contribution in [0.5, 0.6) is 5.75 Å². The molecule has 1 saturated heterocycles. The second-order valence-electron chi connectivity index (χ2n) is 7.40. The van der Waals surface area contributed by atoms with Crippen molar-refractivity contribution in [1.29, 1.82) is 0 Å². The van der Waals surface area contributed by atoms with Crippen LogP contribution in [0.2, 0.25) is 0 Å². The summed E-state index contributed by atoms with van der Waals surface area (Å²) in [5.74, 6) is 0.618. The summed E-state index contributed by atoms with van der Waals surface area (Å²) < 4.78 is 24.2. The third-order valence-corrected chi connectivity index (χ3v) is 5.39. The number of hydrogen-bond acceptors (Lipinski definition) is 5. The molecule has 2 heterocycles. The molecule has 0 spiro atoms. The van der Waals surface area contributed by atoms with Crippen molar-refractivity contribution in [3.8, 4) is 5.75 Å². The van der Waals surface area contributed by atoms with E-state index in [0.717, 1.165) is 44.1 Å². The van der Waals surface area contributed by atoms with Crippen LogP contribution in [0, 0.1) is 5.82 Å². The summed E-state index contributed by atoms with van der Waals surface area (Å²) >= 11 is 0. The molecule has 1 amide bonds. The van der Waals surface area contributed by atoms with Gasteiger partial charge in [-0.2, -0.15) is 0 Å². The topological polar surface area (TPSA) is 58.0 Å². The number of para-hydroxylation sites is 2. The molecule has 6 nitrogen and oxygen atoms in total. The average Bonchev–Trinajstić information content (AvgIpc) is 3.28. The van der Waals surface area contributed by atoms with Gasteiger partial charge in [0.05, 0.1) is 11.4 Å². The molecule has 1 fully saturated rings. The van der Waals surface area contributed by atoms with Crippen molar-refractivity contribution in [2.75, 3.05) is 42.9 Å². The third-order valence-electron chi connectivity index (χ3n) is 5.39. The van der Waals surface area contributed by atoms with Crippen molar-refractivity contribution in [2.24, 2.45) is 0 Å². The van der Waals surface area contributed by atoms with E-state index < -0.39 is 0 Å². The molecule has 0 unspecified atom stereocenters. The summed E-state index contributed by atoms with van der Waals surface area (Å²) in [6.45, 7) is 7.24. The van der Waals surface area contributed by atoms with Gasteiger partial charge in [0.25, 0.3) is 5.91 Å². The number of ether oxygens (including phenoxy) is 1. The van der Waals surface area contributed by atoms with E-state index in [1.807, 2.05) is 24.3 Å². The summed E-state index contributed by atoms with van der Waals surface area (Å²) in [6.07, 6.45) is 0. The van der Waals surface area contributed by atoms with Crippen LogP contribution < -0.4 is 15.0 Å². The van der Waals surface area contributed by atoms with Gasteiger partial charge in [-0.3, -0.25) is 4.79 Å². The highest BCUT2D eigenvalue weighted by molar-refractivity contribution is 6.04. The lowest BCUT2D eigenvalue weighted by Crippen LogP contribution is -2.46. The number of likely N-dealkylation sites (N-methyl/N-ethyl adjacent to an activating group) is 1. The molecule has 31 heavy (non-hydrogen) atoms. The number of furan rings is 1. The highest BCUT2D eigenvalue weighted by Gasteiger charge is 2.20. The van der Waals surface area contributed by atoms with E-state index in [-0.39, 0.29) is 24.1 Å². The smallest absolute Gasteiger partial charge is 0.291 e. The van der Waals surface area contributed by atoms with Crippen molar-refractivity contribution >= 4 is 17.3 Å². The first-order chi connectivity index (χ1) is 15.1. The molecule has 0 bridgehead atoms. The van der Waals surface area contributed by atoms with Crippen LogP contribution in [-0.4, -0.2) is 43.5 Å². The minimum Gasteiger partial charge on any atom is -0.486 e. The van der Waals surface area contributed by atoms with E-state index in [2.05, 4.69) is 22.0 Å². The molecule has 0 aliphatic carbocycles. The number of rotatable bonds is 7. The lowest BCUT2D eigenvalue weighted by molar-refractivity contribution is 0.0992. The molecule has 1 N–H and O–H groups in total. The molecule has 0 saturated carbocycles. The van der Waals surface area contributed by atoms with Crippen LogP contribution in [0.25, 0.3) is 0 Å². The Morgan fingerprint density at radius 2 is 1.77 bits per heavy atom. The Morgan fingerprint density at radius 1 is 1.03 bits per heavy atom. The summed E-state index contributed by atoms with van der Waals surface area (Å²) in [5.41, 5.74) is 1.77. The van der Waals surface area contributed by atoms with Crippen molar-refractivity contribution in [1.82, 2.24) is 4.90 Å². The highest BCUT2D eigenvalue weighted by Crippen LogP contribution is 2.27. The first-order valence-electron chi connectivity index (χ1n) is 10.5. The molecule has 7 heteroatoms. The molecule has 162 valence electrons. The maximum absolute atomic E-state index is 13.0. The highest BCUT2D eigenvalue weighted by atomic mass is 19.1. The monoisotopic (exact) mass is 423 g/mol. The van der Waals surface area contributed by atoms with E-state index in [1.54, 1.807) is 24.3 Å². The van der Waals surface area contributed by atoms with Crippen LogP contribution in [0.1, 0.15) is 23.2 Å². The largest absolute Gasteiger partial charge is 0.486 e. The zero-order valence-electron chi connectivity index (χ0n) is 17.5. The predicted molar refractivity (Wildman–Crippen MR) is 118 cm³/mol. The number of nitrogens with one attached hydrogen (secondary N) is 1. The molecule has 0 atom stereocenters. The fraction of sp³-hybridized carbons (Fsp3) is 0.292. The second-order valence-corrected chi connectivity index (χ2v) is 7.40. The lowest BCUT2D eigenvalue weighted by atomic mass is 10.2. The van der Waals surface area contributed by atoms with Gasteiger partial charge in [-0.1, -0.05) is 19.1 Å². The van der Waals surface area contributed by atoms with E-state index in [4.69, 9.17) is 9.15 Å². The number of benzene rings is 2. The van der Waals surface area contributed by atoms with E-state index in [0.29, 0.717) is 11.5 Å². The Balaban J connectivity index is 1.38. The first-order valence-corrected chi connectivity index (χ1v) is 10.5. The standard InChI is InChI=1S/C24H26FN3O3/c1-2-27-13-15-28(16-14-27)22-6-4-3-5-21(22)26-24(29)23-12-11-20(31-23)17-30-19-9-7-18(25)8-10-19/h3-12H,2,13-17H2,1H3,(H,26,29). The second kappa shape index (κ2) is 9.66. The Hall–Kier alpha value is -3.32. The lowest BCUT2D eigenvalue weighted by Gasteiger charge is -2.36. The number of piperazine rings is 1. The summed E-state index contributed by atoms with van der Waals surface area (Å²) in [4.78, 5) is 17.5. The normalized spacial score (nSPS) is 14.5. The summed E-state index contributed by atoms with van der Waals surface area (Å²) in [7, 11) is 0. The quantitative estimate of drug-likeness (QED) is 0.611. The van der Waals surface area contributed by atoms with Crippen LogP contribution in [0.4, 0.5) is 15.8 Å². The zero-order chi connectivity index (χ0) is 21.6. The van der Waals surface area contributed by atoms with Gasteiger partial charge in [-0.15, -0.1) is 0 Å². The minimum atomic E-state index is -0.322. The van der Waals surface area contributed by atoms with Gasteiger partial charge in [0.15, 0.2) is 5.76 Å². The number of halogens is 1. The van der Waals surface area contributed by atoms with Crippen LogP contribution >= 0.6 is 0 Å². The van der Waals surface area contributed by atoms with Crippen molar-refractivity contribution in [2.45, 2.75) is 13.5 Å². The molecule has 0 radical (unpaired) electrons. The van der Waals surface area contributed by atoms with Gasteiger partial charge < -0.3 is 24.3 Å². The summed E-state index contributed by atoms with van der Waals surface area (Å²) in [6, 6.07) is 16.9. The molecule has 3 aromatic rings. The fourth-order valence-electron chi connectivity index (χ4n) is 3.61. The third kappa shape index (κ3) is 5.24. The number of carbonyl (C=O) groups is 1. The SMILES string of the molecule is CCN1CCN(c2ccccc2NC(=O)c2ccc(COc3ccc(F)cc3)o2)CC1. The van der Waals surface area contributed by atoms with Crippen LogP contribution in [0.3, 0.4) is 0 Å². The maximum atomic E-state index is 13.0. The van der Waals surface area contributed by atoms with Gasteiger partial charge in [0, 0.05) is 26.2 Å². The molecule has 4 rings (SSSR count). The molecule has 1 aliphatic heterocycles. The molecule has 2 aromatic carbocycles. The van der Waals surface area contributed by atoms with Gasteiger partial charge >= 0.3 is 0 Å². The predicted octanol–water partition coefficient (Wildman–Crippen LogP) is 4.39. The Kier molecular flexibility index (Phi) is 6.52. The van der Waals surface area contributed by atoms with Crippen LogP contribution in [-0.2, 0) is 6.61 Å². The number of nitrogens with zero attached hydrogens (tertiary/aromatic N) is 2. The zero-order valence-corrected chi connectivity index (χ0v) is 17.5. The Labute approximate surface area is 181 Å². The van der Waals surface area contributed by atoms with E-state index >= 15 is 0 Å². The Bertz CT molecular complexity index is 1010. The number of hydrogen-bond donors (Lipinski definition) is 1. The fourth-order valence-corrected chi connectivity index (χ4v) is 3.61. The number of carbonyl (C=O) groups excluding carboxylic acids is 1. The number of anilines is 2. The minimum absolute atomic E-state index is 0.150. The average molecular weight is 423 g/mol. The van der Waals surface area contributed by atoms with Crippen molar-refractivity contribution in [3.05, 3.63) is 78.0 Å². The van der Waals surface area contributed by atoms with Gasteiger partial charge in [-0.05, 0) is 55.1 Å². The van der Waals surface area contributed by atoms with E-state index in [1.165, 1.54) is 12.1 Å². The number of amides is 1. The van der Waals surface area contributed by atoms with Crippen LogP contribution in [0.15, 0.2) is 65.1 Å². The van der Waals surface area contributed by atoms with E-state index in [9.17, 15) is 9.18 Å². The molecule has 1 aromatic heterocycles. The van der Waals surface area contributed by atoms with Gasteiger partial charge in [0.2, 0.25) is 0 Å².